The molecule has 1 aromatic carbocycles. The van der Waals surface area contributed by atoms with Crippen LogP contribution in [0.5, 0.6) is 5.75 Å². The van der Waals surface area contributed by atoms with Gasteiger partial charge in [0.25, 0.3) is 0 Å². The number of ether oxygens (including phenoxy) is 1. The SMILES string of the molecule is CC(C)COc1cc(F)cc(C#N)c1. The minimum absolute atomic E-state index is 0.281. The molecule has 0 aliphatic rings. The summed E-state index contributed by atoms with van der Waals surface area (Å²) < 4.78 is 18.2. The zero-order valence-corrected chi connectivity index (χ0v) is 8.25. The van der Waals surface area contributed by atoms with E-state index >= 15 is 0 Å². The summed E-state index contributed by atoms with van der Waals surface area (Å²) >= 11 is 0. The zero-order valence-electron chi connectivity index (χ0n) is 8.25. The summed E-state index contributed by atoms with van der Waals surface area (Å²) in [5, 5.41) is 8.59. The van der Waals surface area contributed by atoms with E-state index in [1.54, 1.807) is 0 Å². The van der Waals surface area contributed by atoms with E-state index in [0.29, 0.717) is 18.3 Å². The van der Waals surface area contributed by atoms with Crippen LogP contribution in [0.3, 0.4) is 0 Å². The molecule has 0 radical (unpaired) electrons. The van der Waals surface area contributed by atoms with Crippen LogP contribution < -0.4 is 4.74 Å². The van der Waals surface area contributed by atoms with Crippen molar-refractivity contribution >= 4 is 0 Å². The van der Waals surface area contributed by atoms with E-state index in [0.717, 1.165) is 0 Å². The van der Waals surface area contributed by atoms with Gasteiger partial charge < -0.3 is 4.74 Å². The molecule has 14 heavy (non-hydrogen) atoms. The molecule has 0 saturated carbocycles. The van der Waals surface area contributed by atoms with Gasteiger partial charge >= 0.3 is 0 Å². The van der Waals surface area contributed by atoms with Crippen LogP contribution in [0.4, 0.5) is 4.39 Å². The molecule has 0 amide bonds. The highest BCUT2D eigenvalue weighted by molar-refractivity contribution is 5.36. The Labute approximate surface area is 82.9 Å². The molecular weight excluding hydrogens is 181 g/mol. The van der Waals surface area contributed by atoms with E-state index in [9.17, 15) is 4.39 Å². The van der Waals surface area contributed by atoms with Crippen LogP contribution in [0.25, 0.3) is 0 Å². The normalized spacial score (nSPS) is 9.93. The molecule has 1 rings (SSSR count). The van der Waals surface area contributed by atoms with Crippen LogP contribution in [0.15, 0.2) is 18.2 Å². The standard InChI is InChI=1S/C11H12FNO/c1-8(2)7-14-11-4-9(6-13)3-10(12)5-11/h3-5,8H,7H2,1-2H3. The largest absolute Gasteiger partial charge is 0.493 e. The summed E-state index contributed by atoms with van der Waals surface area (Å²) in [6.07, 6.45) is 0. The monoisotopic (exact) mass is 193 g/mol. The van der Waals surface area contributed by atoms with Crippen LogP contribution in [-0.2, 0) is 0 Å². The van der Waals surface area contributed by atoms with Gasteiger partial charge in [-0.05, 0) is 18.1 Å². The van der Waals surface area contributed by atoms with Gasteiger partial charge in [0.2, 0.25) is 0 Å². The predicted molar refractivity (Wildman–Crippen MR) is 51.4 cm³/mol. The van der Waals surface area contributed by atoms with Crippen molar-refractivity contribution in [1.29, 1.82) is 5.26 Å². The highest BCUT2D eigenvalue weighted by atomic mass is 19.1. The molecule has 2 nitrogen and oxygen atoms in total. The van der Waals surface area contributed by atoms with E-state index in [4.69, 9.17) is 10.00 Å². The summed E-state index contributed by atoms with van der Waals surface area (Å²) in [5.74, 6) is 0.349. The summed E-state index contributed by atoms with van der Waals surface area (Å²) in [6, 6.07) is 5.87. The highest BCUT2D eigenvalue weighted by Gasteiger charge is 2.02. The van der Waals surface area contributed by atoms with Crippen molar-refractivity contribution in [2.75, 3.05) is 6.61 Å². The number of rotatable bonds is 3. The fraction of sp³-hybridized carbons (Fsp3) is 0.364. The lowest BCUT2D eigenvalue weighted by atomic mass is 10.2. The maximum absolute atomic E-state index is 12.9. The second kappa shape index (κ2) is 4.61. The van der Waals surface area contributed by atoms with Crippen LogP contribution >= 0.6 is 0 Å². The molecule has 0 atom stereocenters. The molecule has 0 saturated heterocycles. The third-order valence-corrected chi connectivity index (χ3v) is 1.58. The molecular formula is C11H12FNO. The second-order valence-corrected chi connectivity index (χ2v) is 3.49. The van der Waals surface area contributed by atoms with Crippen molar-refractivity contribution in [3.63, 3.8) is 0 Å². The summed E-state index contributed by atoms with van der Waals surface area (Å²) in [6.45, 7) is 4.53. The van der Waals surface area contributed by atoms with Gasteiger partial charge in [-0.3, -0.25) is 0 Å². The van der Waals surface area contributed by atoms with Gasteiger partial charge in [-0.25, -0.2) is 4.39 Å². The first-order chi connectivity index (χ1) is 6.61. The Kier molecular flexibility index (Phi) is 3.47. The lowest BCUT2D eigenvalue weighted by Gasteiger charge is -2.08. The quantitative estimate of drug-likeness (QED) is 0.739. The number of hydrogen-bond donors (Lipinski definition) is 0. The van der Waals surface area contributed by atoms with E-state index in [1.807, 2.05) is 19.9 Å². The first kappa shape index (κ1) is 10.5. The van der Waals surface area contributed by atoms with Crippen LogP contribution in [0.1, 0.15) is 19.4 Å². The molecule has 74 valence electrons. The average Bonchev–Trinajstić information content (AvgIpc) is 2.14. The molecule has 0 aromatic heterocycles. The number of nitriles is 1. The molecule has 0 aliphatic heterocycles. The summed E-state index contributed by atoms with van der Waals surface area (Å²) in [4.78, 5) is 0. The van der Waals surface area contributed by atoms with Crippen LogP contribution in [-0.4, -0.2) is 6.61 Å². The first-order valence-corrected chi connectivity index (χ1v) is 4.45. The predicted octanol–water partition coefficient (Wildman–Crippen LogP) is 2.73. The molecule has 0 bridgehead atoms. The van der Waals surface area contributed by atoms with Gasteiger partial charge in [0.1, 0.15) is 11.6 Å². The Morgan fingerprint density at radius 3 is 2.71 bits per heavy atom. The number of halogens is 1. The maximum Gasteiger partial charge on any atom is 0.128 e. The van der Waals surface area contributed by atoms with Crippen LogP contribution in [0.2, 0.25) is 0 Å². The Morgan fingerprint density at radius 1 is 1.43 bits per heavy atom. The third-order valence-electron chi connectivity index (χ3n) is 1.58. The van der Waals surface area contributed by atoms with Crippen LogP contribution in [0, 0.1) is 23.1 Å². The van der Waals surface area contributed by atoms with Crippen molar-refractivity contribution in [3.05, 3.63) is 29.6 Å². The third kappa shape index (κ3) is 3.06. The minimum atomic E-state index is -0.442. The fourth-order valence-corrected chi connectivity index (χ4v) is 0.973. The van der Waals surface area contributed by atoms with Gasteiger partial charge in [0.05, 0.1) is 18.2 Å². The lowest BCUT2D eigenvalue weighted by molar-refractivity contribution is 0.270. The van der Waals surface area contributed by atoms with E-state index in [1.165, 1.54) is 18.2 Å². The topological polar surface area (TPSA) is 33.0 Å². The molecule has 3 heteroatoms. The lowest BCUT2D eigenvalue weighted by Crippen LogP contribution is -2.04. The summed E-state index contributed by atoms with van der Waals surface area (Å²) in [5.41, 5.74) is 0.281. The highest BCUT2D eigenvalue weighted by Crippen LogP contribution is 2.16. The first-order valence-electron chi connectivity index (χ1n) is 4.45. The van der Waals surface area contributed by atoms with Crippen molar-refractivity contribution in [2.45, 2.75) is 13.8 Å². The Hall–Kier alpha value is -1.56. The molecule has 1 aromatic rings. The van der Waals surface area contributed by atoms with Gasteiger partial charge in [0, 0.05) is 6.07 Å². The Morgan fingerprint density at radius 2 is 2.14 bits per heavy atom. The molecule has 0 fully saturated rings. The number of hydrogen-bond acceptors (Lipinski definition) is 2. The van der Waals surface area contributed by atoms with E-state index < -0.39 is 5.82 Å². The van der Waals surface area contributed by atoms with E-state index in [2.05, 4.69) is 0 Å². The summed E-state index contributed by atoms with van der Waals surface area (Å²) in [7, 11) is 0. The molecule has 0 heterocycles. The molecule has 0 N–H and O–H groups in total. The van der Waals surface area contributed by atoms with Gasteiger partial charge in [-0.15, -0.1) is 0 Å². The smallest absolute Gasteiger partial charge is 0.128 e. The fourth-order valence-electron chi connectivity index (χ4n) is 0.973. The number of benzene rings is 1. The van der Waals surface area contributed by atoms with Crippen molar-refractivity contribution in [3.8, 4) is 11.8 Å². The van der Waals surface area contributed by atoms with Crippen molar-refractivity contribution < 1.29 is 9.13 Å². The second-order valence-electron chi connectivity index (χ2n) is 3.49. The van der Waals surface area contributed by atoms with Crippen molar-refractivity contribution in [2.24, 2.45) is 5.92 Å². The minimum Gasteiger partial charge on any atom is -0.493 e. The molecule has 0 aliphatic carbocycles. The Balaban J connectivity index is 2.78. The van der Waals surface area contributed by atoms with Gasteiger partial charge in [-0.2, -0.15) is 5.26 Å². The molecule has 0 spiro atoms. The maximum atomic E-state index is 12.9. The average molecular weight is 193 g/mol. The van der Waals surface area contributed by atoms with Gasteiger partial charge in [-0.1, -0.05) is 13.8 Å². The number of nitrogens with zero attached hydrogens (tertiary/aromatic N) is 1. The Bertz CT molecular complexity index is 355. The molecule has 0 unspecified atom stereocenters. The van der Waals surface area contributed by atoms with E-state index in [-0.39, 0.29) is 5.56 Å². The zero-order chi connectivity index (χ0) is 10.6. The van der Waals surface area contributed by atoms with Crippen molar-refractivity contribution in [1.82, 2.24) is 0 Å². The van der Waals surface area contributed by atoms with Gasteiger partial charge in [0.15, 0.2) is 0 Å².